The highest BCUT2D eigenvalue weighted by Gasteiger charge is 2.18. The first-order valence-corrected chi connectivity index (χ1v) is 8.08. The van der Waals surface area contributed by atoms with Crippen molar-refractivity contribution in [2.24, 2.45) is 0 Å². The van der Waals surface area contributed by atoms with E-state index in [1.54, 1.807) is 18.2 Å². The maximum absolute atomic E-state index is 13.6. The smallest absolute Gasteiger partial charge is 0.224 e. The molecule has 0 aromatic heterocycles. The van der Waals surface area contributed by atoms with E-state index in [9.17, 15) is 9.18 Å². The van der Waals surface area contributed by atoms with Crippen LogP contribution in [0.25, 0.3) is 0 Å². The van der Waals surface area contributed by atoms with Gasteiger partial charge in [-0.1, -0.05) is 24.3 Å². The largest absolute Gasteiger partial charge is 0.371 e. The lowest BCUT2D eigenvalue weighted by molar-refractivity contribution is -0.116. The third-order valence-corrected chi connectivity index (χ3v) is 4.32. The van der Waals surface area contributed by atoms with Gasteiger partial charge in [-0.05, 0) is 49.1 Å². The van der Waals surface area contributed by atoms with Crippen molar-refractivity contribution in [2.75, 3.05) is 23.3 Å². The Kier molecular flexibility index (Phi) is 4.60. The lowest BCUT2D eigenvalue weighted by atomic mass is 10.1. The van der Waals surface area contributed by atoms with Gasteiger partial charge >= 0.3 is 0 Å². The minimum absolute atomic E-state index is 0.0887. The molecule has 1 amide bonds. The summed E-state index contributed by atoms with van der Waals surface area (Å²) in [5, 5.41) is 2.92. The summed E-state index contributed by atoms with van der Waals surface area (Å²) >= 11 is 0. The maximum atomic E-state index is 13.6. The van der Waals surface area contributed by atoms with Crippen molar-refractivity contribution in [3.8, 4) is 0 Å². The van der Waals surface area contributed by atoms with Crippen molar-refractivity contribution >= 4 is 17.3 Å². The van der Waals surface area contributed by atoms with Crippen LogP contribution in [-0.4, -0.2) is 19.0 Å². The molecule has 0 saturated heterocycles. The third-order valence-electron chi connectivity index (χ3n) is 4.32. The van der Waals surface area contributed by atoms with E-state index in [-0.39, 0.29) is 18.1 Å². The first-order valence-electron chi connectivity index (χ1n) is 8.08. The van der Waals surface area contributed by atoms with Gasteiger partial charge < -0.3 is 10.2 Å². The molecule has 1 heterocycles. The molecule has 0 fully saturated rings. The van der Waals surface area contributed by atoms with Crippen molar-refractivity contribution in [3.05, 3.63) is 59.4 Å². The number of carbonyl (C=O) groups is 1. The van der Waals surface area contributed by atoms with Gasteiger partial charge in [-0.15, -0.1) is 0 Å². The summed E-state index contributed by atoms with van der Waals surface area (Å²) in [5.74, 6) is -0.342. The van der Waals surface area contributed by atoms with Crippen LogP contribution in [0.3, 0.4) is 0 Å². The van der Waals surface area contributed by atoms with E-state index in [1.165, 1.54) is 17.3 Å². The van der Waals surface area contributed by atoms with Crippen LogP contribution in [-0.2, 0) is 17.6 Å². The summed E-state index contributed by atoms with van der Waals surface area (Å²) in [6.07, 6.45) is 1.74. The Morgan fingerprint density at radius 2 is 2.09 bits per heavy atom. The molecule has 4 heteroatoms. The molecule has 1 aliphatic rings. The number of nitrogens with zero attached hydrogens (tertiary/aromatic N) is 1. The molecule has 1 aliphatic heterocycles. The Morgan fingerprint density at radius 3 is 2.87 bits per heavy atom. The summed E-state index contributed by atoms with van der Waals surface area (Å²) in [5.41, 5.74) is 3.92. The molecule has 120 valence electrons. The van der Waals surface area contributed by atoms with Crippen molar-refractivity contribution in [1.29, 1.82) is 0 Å². The second kappa shape index (κ2) is 6.82. The van der Waals surface area contributed by atoms with E-state index in [0.29, 0.717) is 12.0 Å². The fourth-order valence-electron chi connectivity index (χ4n) is 3.02. The zero-order chi connectivity index (χ0) is 16.2. The molecular formula is C19H21FN2O. The molecule has 3 rings (SSSR count). The number of anilines is 2. The van der Waals surface area contributed by atoms with E-state index < -0.39 is 0 Å². The minimum atomic E-state index is -0.253. The van der Waals surface area contributed by atoms with E-state index in [4.69, 9.17) is 0 Å². The summed E-state index contributed by atoms with van der Waals surface area (Å²) in [6.45, 7) is 4.14. The standard InChI is InChI=1S/C19H21FN2O/c1-2-22-12-11-15-7-9-16(13-18(15)22)21-19(23)10-8-14-5-3-4-6-17(14)20/h3-7,9,13H,2,8,10-12H2,1H3,(H,21,23). The second-order valence-electron chi connectivity index (χ2n) is 5.81. The number of benzene rings is 2. The SMILES string of the molecule is CCN1CCc2ccc(NC(=O)CCc3ccccc3F)cc21. The Morgan fingerprint density at radius 1 is 1.26 bits per heavy atom. The van der Waals surface area contributed by atoms with Gasteiger partial charge in [-0.25, -0.2) is 4.39 Å². The number of likely N-dealkylation sites (N-methyl/N-ethyl adjacent to an activating group) is 1. The zero-order valence-electron chi connectivity index (χ0n) is 13.3. The number of aryl methyl sites for hydroxylation is 1. The van der Waals surface area contributed by atoms with Crippen LogP contribution in [0.15, 0.2) is 42.5 Å². The van der Waals surface area contributed by atoms with Crippen LogP contribution in [0, 0.1) is 5.82 Å². The van der Waals surface area contributed by atoms with Gasteiger partial charge in [-0.3, -0.25) is 4.79 Å². The van der Waals surface area contributed by atoms with E-state index in [1.807, 2.05) is 12.1 Å². The van der Waals surface area contributed by atoms with Gasteiger partial charge in [0.05, 0.1) is 0 Å². The molecule has 23 heavy (non-hydrogen) atoms. The van der Waals surface area contributed by atoms with Crippen molar-refractivity contribution in [1.82, 2.24) is 0 Å². The van der Waals surface area contributed by atoms with Crippen molar-refractivity contribution in [2.45, 2.75) is 26.2 Å². The van der Waals surface area contributed by atoms with Gasteiger partial charge in [0.25, 0.3) is 0 Å². The number of nitrogens with one attached hydrogen (secondary N) is 1. The number of halogens is 1. The minimum Gasteiger partial charge on any atom is -0.371 e. The molecule has 0 bridgehead atoms. The summed E-state index contributed by atoms with van der Waals surface area (Å²) in [6, 6.07) is 12.6. The molecule has 0 radical (unpaired) electrons. The van der Waals surface area contributed by atoms with Crippen molar-refractivity contribution in [3.63, 3.8) is 0 Å². The van der Waals surface area contributed by atoms with Gasteiger partial charge in [0.15, 0.2) is 0 Å². The molecule has 2 aromatic rings. The van der Waals surface area contributed by atoms with Gasteiger partial charge in [-0.2, -0.15) is 0 Å². The quantitative estimate of drug-likeness (QED) is 0.911. The Labute approximate surface area is 136 Å². The van der Waals surface area contributed by atoms with Crippen LogP contribution in [0.2, 0.25) is 0 Å². The summed E-state index contributed by atoms with van der Waals surface area (Å²) in [7, 11) is 0. The Balaban J connectivity index is 1.61. The maximum Gasteiger partial charge on any atom is 0.224 e. The van der Waals surface area contributed by atoms with Crippen LogP contribution in [0.4, 0.5) is 15.8 Å². The highest BCUT2D eigenvalue weighted by molar-refractivity contribution is 5.91. The van der Waals surface area contributed by atoms with Crippen LogP contribution < -0.4 is 10.2 Å². The highest BCUT2D eigenvalue weighted by atomic mass is 19.1. The number of amides is 1. The van der Waals surface area contributed by atoms with E-state index in [2.05, 4.69) is 23.2 Å². The number of carbonyl (C=O) groups excluding carboxylic acids is 1. The van der Waals surface area contributed by atoms with Crippen LogP contribution in [0.1, 0.15) is 24.5 Å². The number of hydrogen-bond donors (Lipinski definition) is 1. The highest BCUT2D eigenvalue weighted by Crippen LogP contribution is 2.30. The summed E-state index contributed by atoms with van der Waals surface area (Å²) in [4.78, 5) is 14.4. The monoisotopic (exact) mass is 312 g/mol. The second-order valence-corrected chi connectivity index (χ2v) is 5.81. The number of rotatable bonds is 5. The molecule has 0 atom stereocenters. The van der Waals surface area contributed by atoms with Gasteiger partial charge in [0.1, 0.15) is 5.82 Å². The Hall–Kier alpha value is -2.36. The number of hydrogen-bond acceptors (Lipinski definition) is 2. The Bertz CT molecular complexity index is 714. The van der Waals surface area contributed by atoms with Crippen LogP contribution in [0.5, 0.6) is 0 Å². The summed E-state index contributed by atoms with van der Waals surface area (Å²) < 4.78 is 13.6. The average Bonchev–Trinajstić information content (AvgIpc) is 2.96. The molecule has 0 unspecified atom stereocenters. The zero-order valence-corrected chi connectivity index (χ0v) is 13.3. The first kappa shape index (κ1) is 15.5. The third kappa shape index (κ3) is 3.52. The predicted octanol–water partition coefficient (Wildman–Crippen LogP) is 3.78. The predicted molar refractivity (Wildman–Crippen MR) is 91.4 cm³/mol. The molecule has 0 spiro atoms. The number of fused-ring (bicyclic) bond motifs is 1. The molecule has 1 N–H and O–H groups in total. The molecule has 0 aliphatic carbocycles. The fraction of sp³-hybridized carbons (Fsp3) is 0.316. The fourth-order valence-corrected chi connectivity index (χ4v) is 3.02. The molecule has 0 saturated carbocycles. The lowest BCUT2D eigenvalue weighted by Gasteiger charge is -2.17. The topological polar surface area (TPSA) is 32.3 Å². The lowest BCUT2D eigenvalue weighted by Crippen LogP contribution is -2.19. The molecule has 2 aromatic carbocycles. The molecule has 3 nitrogen and oxygen atoms in total. The van der Waals surface area contributed by atoms with Gasteiger partial charge in [0.2, 0.25) is 5.91 Å². The van der Waals surface area contributed by atoms with Gasteiger partial charge in [0, 0.05) is 30.9 Å². The van der Waals surface area contributed by atoms with Crippen LogP contribution >= 0.6 is 0 Å². The normalized spacial score (nSPS) is 13.0. The average molecular weight is 312 g/mol. The van der Waals surface area contributed by atoms with Crippen molar-refractivity contribution < 1.29 is 9.18 Å². The van der Waals surface area contributed by atoms with E-state index in [0.717, 1.165) is 25.2 Å². The van der Waals surface area contributed by atoms with E-state index >= 15 is 0 Å². The molecular weight excluding hydrogens is 291 g/mol. The first-order chi connectivity index (χ1) is 11.2.